The zero-order chi connectivity index (χ0) is 27.6. The third kappa shape index (κ3) is 9.54. The summed E-state index contributed by atoms with van der Waals surface area (Å²) in [5.74, 6) is 0.387. The molecule has 0 amide bonds. The molecule has 0 aromatic carbocycles. The first-order chi connectivity index (χ1) is 17.5. The molecule has 0 bridgehead atoms. The summed E-state index contributed by atoms with van der Waals surface area (Å²) in [5, 5.41) is 11.8. The molecule has 4 rings (SSSR count). The van der Waals surface area contributed by atoms with E-state index in [-0.39, 0.29) is 24.3 Å². The molecule has 1 N–H and O–H groups in total. The smallest absolute Gasteiger partial charge is 0.252 e. The lowest BCUT2D eigenvalue weighted by molar-refractivity contribution is 0.276. The van der Waals surface area contributed by atoms with Crippen LogP contribution in [-0.4, -0.2) is 73.8 Å². The Kier molecular flexibility index (Phi) is 12.3. The van der Waals surface area contributed by atoms with Crippen molar-refractivity contribution >= 4 is 76.9 Å². The third-order valence-electron chi connectivity index (χ3n) is 4.40. The van der Waals surface area contributed by atoms with Crippen molar-refractivity contribution in [1.82, 2.24) is 29.1 Å². The molecule has 0 unspecified atom stereocenters. The minimum absolute atomic E-state index is 0.0843. The van der Waals surface area contributed by atoms with Gasteiger partial charge in [-0.25, -0.2) is 28.4 Å². The monoisotopic (exact) mass is 606 g/mol. The number of alkyl halides is 1. The number of rotatable bonds is 6. The molecule has 11 nitrogen and oxygen atoms in total. The Balaban J connectivity index is 0.000000221. The van der Waals surface area contributed by atoms with E-state index in [1.54, 1.807) is 29.1 Å². The summed E-state index contributed by atoms with van der Waals surface area (Å²) >= 11 is 8.54. The first kappa shape index (κ1) is 31.0. The molecule has 200 valence electrons. The van der Waals surface area contributed by atoms with Crippen molar-refractivity contribution in [2.45, 2.75) is 23.4 Å². The summed E-state index contributed by atoms with van der Waals surface area (Å²) in [5.41, 5.74) is 0.972. The van der Waals surface area contributed by atoms with Crippen LogP contribution in [0.5, 0.6) is 0 Å². The van der Waals surface area contributed by atoms with Gasteiger partial charge in [-0.15, -0.1) is 11.6 Å². The number of aliphatic hydroxyl groups excluding tert-OH is 1. The molecule has 16 heteroatoms. The average Bonchev–Trinajstić information content (AvgIpc) is 2.86. The zero-order valence-corrected chi connectivity index (χ0v) is 24.0. The van der Waals surface area contributed by atoms with E-state index in [2.05, 4.69) is 30.6 Å². The fraction of sp³-hybridized carbons (Fsp3) is 0.333. The molecule has 0 aliphatic carbocycles. The molecule has 4 aromatic rings. The van der Waals surface area contributed by atoms with Crippen molar-refractivity contribution in [2.24, 2.45) is 0 Å². The standard InChI is InChI=1S/C10H10ClN3OS.C10H11N3O2S.CH3ClO2S/c1-16-10-12-6-7-2-3-8(15)14(5-4-11)9(7)13-10;1-16-10-11-6-7-2-3-8(15)13(4-5-14)9(7)12-10;1-5(2,3)4/h2-3,6H,4-5H2,1H3;2-3,6,14H,4-5H2,1H3;1H3. The number of nitrogens with zero attached hydrogens (tertiary/aromatic N) is 6. The summed E-state index contributed by atoms with van der Waals surface area (Å²) < 4.78 is 21.8. The van der Waals surface area contributed by atoms with Gasteiger partial charge in [0.1, 0.15) is 11.3 Å². The first-order valence-electron chi connectivity index (χ1n) is 10.4. The largest absolute Gasteiger partial charge is 0.395 e. The molecule has 0 atom stereocenters. The summed E-state index contributed by atoms with van der Waals surface area (Å²) in [7, 11) is 1.31. The Morgan fingerprint density at radius 1 is 0.865 bits per heavy atom. The van der Waals surface area contributed by atoms with Crippen molar-refractivity contribution < 1.29 is 13.5 Å². The predicted octanol–water partition coefficient (Wildman–Crippen LogP) is 2.44. The lowest BCUT2D eigenvalue weighted by atomic mass is 10.3. The summed E-state index contributed by atoms with van der Waals surface area (Å²) in [6.07, 6.45) is 8.10. The molecular weight excluding hydrogens is 583 g/mol. The zero-order valence-electron chi connectivity index (χ0n) is 20.0. The SMILES string of the molecule is CS(=O)(=O)Cl.CSc1ncc2ccc(=O)n(CCCl)c2n1.CSc1ncc2ccc(=O)n(CCO)c2n1. The Morgan fingerprint density at radius 2 is 1.27 bits per heavy atom. The van der Waals surface area contributed by atoms with Gasteiger partial charge in [-0.1, -0.05) is 23.5 Å². The minimum atomic E-state index is -3.19. The van der Waals surface area contributed by atoms with Gasteiger partial charge in [0.2, 0.25) is 9.05 Å². The lowest BCUT2D eigenvalue weighted by Gasteiger charge is -2.07. The van der Waals surface area contributed by atoms with Crippen LogP contribution in [0.1, 0.15) is 0 Å². The maximum atomic E-state index is 11.7. The summed E-state index contributed by atoms with van der Waals surface area (Å²) in [6, 6.07) is 6.39. The quantitative estimate of drug-likeness (QED) is 0.149. The van der Waals surface area contributed by atoms with Crippen LogP contribution in [0, 0.1) is 0 Å². The maximum Gasteiger partial charge on any atom is 0.252 e. The number of aryl methyl sites for hydroxylation is 1. The normalized spacial score (nSPS) is 11.0. The number of hydrogen-bond donors (Lipinski definition) is 1. The number of halogens is 2. The molecule has 0 spiro atoms. The number of aliphatic hydroxyl groups is 1. The number of thioether (sulfide) groups is 2. The summed E-state index contributed by atoms with van der Waals surface area (Å²) in [4.78, 5) is 40.2. The number of aromatic nitrogens is 6. The van der Waals surface area contributed by atoms with E-state index in [1.807, 2.05) is 12.5 Å². The second-order valence-electron chi connectivity index (χ2n) is 7.01. The highest BCUT2D eigenvalue weighted by Crippen LogP contribution is 2.14. The van der Waals surface area contributed by atoms with E-state index in [0.29, 0.717) is 34.0 Å². The number of pyridine rings is 2. The Hall–Kier alpha value is -2.23. The van der Waals surface area contributed by atoms with E-state index in [4.69, 9.17) is 16.7 Å². The van der Waals surface area contributed by atoms with Crippen molar-refractivity contribution in [3.8, 4) is 0 Å². The second kappa shape index (κ2) is 14.6. The van der Waals surface area contributed by atoms with Crippen LogP contribution in [0.3, 0.4) is 0 Å². The lowest BCUT2D eigenvalue weighted by Crippen LogP contribution is -2.21. The van der Waals surface area contributed by atoms with Crippen molar-refractivity contribution in [1.29, 1.82) is 0 Å². The van der Waals surface area contributed by atoms with Crippen molar-refractivity contribution in [2.75, 3.05) is 31.3 Å². The molecule has 37 heavy (non-hydrogen) atoms. The summed E-state index contributed by atoms with van der Waals surface area (Å²) in [6.45, 7) is 0.626. The Morgan fingerprint density at radius 3 is 1.62 bits per heavy atom. The van der Waals surface area contributed by atoms with Gasteiger partial charge in [-0.05, 0) is 24.6 Å². The van der Waals surface area contributed by atoms with E-state index in [0.717, 1.165) is 17.0 Å². The van der Waals surface area contributed by atoms with Gasteiger partial charge in [0.05, 0.1) is 19.4 Å². The molecular formula is C21H24Cl2N6O5S3. The number of hydrogen-bond acceptors (Lipinski definition) is 11. The Bertz CT molecular complexity index is 1470. The van der Waals surface area contributed by atoms with E-state index < -0.39 is 9.05 Å². The molecule has 0 aliphatic heterocycles. The Labute approximate surface area is 230 Å². The van der Waals surface area contributed by atoms with Gasteiger partial charge in [0.15, 0.2) is 10.3 Å². The highest BCUT2D eigenvalue weighted by atomic mass is 35.7. The van der Waals surface area contributed by atoms with E-state index in [9.17, 15) is 18.0 Å². The van der Waals surface area contributed by atoms with Crippen LogP contribution in [0.2, 0.25) is 0 Å². The van der Waals surface area contributed by atoms with E-state index in [1.165, 1.54) is 40.2 Å². The van der Waals surface area contributed by atoms with Gasteiger partial charge in [0, 0.05) is 58.4 Å². The highest BCUT2D eigenvalue weighted by molar-refractivity contribution is 8.13. The predicted molar refractivity (Wildman–Crippen MR) is 150 cm³/mol. The van der Waals surface area contributed by atoms with Crippen molar-refractivity contribution in [3.63, 3.8) is 0 Å². The third-order valence-corrected chi connectivity index (χ3v) is 5.69. The molecule has 4 heterocycles. The molecule has 0 radical (unpaired) electrons. The number of fused-ring (bicyclic) bond motifs is 2. The van der Waals surface area contributed by atoms with Crippen LogP contribution < -0.4 is 11.1 Å². The second-order valence-corrected chi connectivity index (χ2v) is 12.0. The fourth-order valence-electron chi connectivity index (χ4n) is 2.92. The fourth-order valence-corrected chi connectivity index (χ4v) is 3.77. The highest BCUT2D eigenvalue weighted by Gasteiger charge is 2.06. The van der Waals surface area contributed by atoms with Crippen molar-refractivity contribution in [3.05, 3.63) is 57.4 Å². The minimum Gasteiger partial charge on any atom is -0.395 e. The molecule has 0 fully saturated rings. The average molecular weight is 608 g/mol. The van der Waals surface area contributed by atoms with Crippen LogP contribution in [0.4, 0.5) is 0 Å². The van der Waals surface area contributed by atoms with Crippen LogP contribution in [-0.2, 0) is 22.1 Å². The van der Waals surface area contributed by atoms with Gasteiger partial charge in [-0.3, -0.25) is 18.7 Å². The topological polar surface area (TPSA) is 150 Å². The van der Waals surface area contributed by atoms with Gasteiger partial charge in [0.25, 0.3) is 11.1 Å². The first-order valence-corrected chi connectivity index (χ1v) is 16.1. The molecule has 0 aliphatic rings. The van der Waals surface area contributed by atoms with Crippen LogP contribution in [0.15, 0.2) is 56.6 Å². The van der Waals surface area contributed by atoms with Gasteiger partial charge >= 0.3 is 0 Å². The van der Waals surface area contributed by atoms with Gasteiger partial charge in [-0.2, -0.15) is 0 Å². The van der Waals surface area contributed by atoms with E-state index >= 15 is 0 Å². The molecule has 4 aromatic heterocycles. The van der Waals surface area contributed by atoms with Gasteiger partial charge < -0.3 is 5.11 Å². The molecule has 0 saturated carbocycles. The van der Waals surface area contributed by atoms with Crippen LogP contribution >= 0.6 is 45.8 Å². The molecule has 0 saturated heterocycles. The van der Waals surface area contributed by atoms with Crippen LogP contribution in [0.25, 0.3) is 22.1 Å². The maximum absolute atomic E-state index is 11.7.